The molecule has 1 radical (unpaired) electrons. The van der Waals surface area contributed by atoms with Crippen LogP contribution in [0.2, 0.25) is 0 Å². The standard InChI is InChI=1S/C18H10NO/c1-3-7-15-11(5-1)13-10-18-14(9-16(13)19-15)12-6-2-4-8-17(12)20-18/h1-2,4-10,19H. The number of hydrogen-bond acceptors (Lipinski definition) is 1. The van der Waals surface area contributed by atoms with Gasteiger partial charge in [-0.05, 0) is 30.3 Å². The highest BCUT2D eigenvalue weighted by molar-refractivity contribution is 6.15. The number of benzene rings is 3. The molecule has 0 saturated heterocycles. The minimum Gasteiger partial charge on any atom is -0.456 e. The molecular weight excluding hydrogens is 246 g/mol. The molecule has 2 aromatic heterocycles. The molecule has 20 heavy (non-hydrogen) atoms. The van der Waals surface area contributed by atoms with Crippen molar-refractivity contribution in [2.24, 2.45) is 0 Å². The molecule has 0 amide bonds. The van der Waals surface area contributed by atoms with Crippen LogP contribution in [0.3, 0.4) is 0 Å². The van der Waals surface area contributed by atoms with Crippen LogP contribution in [-0.4, -0.2) is 4.98 Å². The van der Waals surface area contributed by atoms with Crippen LogP contribution < -0.4 is 0 Å². The summed E-state index contributed by atoms with van der Waals surface area (Å²) in [6, 6.07) is 21.6. The van der Waals surface area contributed by atoms with Crippen LogP contribution in [0.25, 0.3) is 43.7 Å². The normalized spacial score (nSPS) is 12.0. The lowest BCUT2D eigenvalue weighted by Crippen LogP contribution is -1.69. The SMILES string of the molecule is [c]1ccc2c(c1)[nH]c1cc3c(cc12)oc1ccccc13. The zero-order chi connectivity index (χ0) is 13.1. The molecule has 0 atom stereocenters. The molecule has 0 fully saturated rings. The Hall–Kier alpha value is -2.74. The maximum absolute atomic E-state index is 5.96. The van der Waals surface area contributed by atoms with E-state index in [1.54, 1.807) is 0 Å². The van der Waals surface area contributed by atoms with Gasteiger partial charge in [0, 0.05) is 32.6 Å². The van der Waals surface area contributed by atoms with Gasteiger partial charge in [-0.2, -0.15) is 0 Å². The largest absolute Gasteiger partial charge is 0.456 e. The molecule has 0 unspecified atom stereocenters. The second-order valence-corrected chi connectivity index (χ2v) is 5.09. The molecule has 93 valence electrons. The third kappa shape index (κ3) is 1.18. The number of rotatable bonds is 0. The van der Waals surface area contributed by atoms with Gasteiger partial charge in [0.15, 0.2) is 0 Å². The van der Waals surface area contributed by atoms with Gasteiger partial charge >= 0.3 is 0 Å². The summed E-state index contributed by atoms with van der Waals surface area (Å²) in [6.07, 6.45) is 0. The van der Waals surface area contributed by atoms with E-state index in [2.05, 4.69) is 35.3 Å². The van der Waals surface area contributed by atoms with Gasteiger partial charge < -0.3 is 9.40 Å². The van der Waals surface area contributed by atoms with Gasteiger partial charge in [0.25, 0.3) is 0 Å². The maximum atomic E-state index is 5.96. The molecule has 0 saturated carbocycles. The van der Waals surface area contributed by atoms with E-state index in [0.717, 1.165) is 33.0 Å². The van der Waals surface area contributed by atoms with Crippen LogP contribution in [0.5, 0.6) is 0 Å². The number of H-pyrrole nitrogens is 1. The molecule has 0 aliphatic heterocycles. The average molecular weight is 256 g/mol. The van der Waals surface area contributed by atoms with Crippen molar-refractivity contribution in [1.29, 1.82) is 0 Å². The van der Waals surface area contributed by atoms with Crippen molar-refractivity contribution >= 4 is 43.7 Å². The molecule has 5 rings (SSSR count). The average Bonchev–Trinajstić information content (AvgIpc) is 3.02. The summed E-state index contributed by atoms with van der Waals surface area (Å²) in [4.78, 5) is 3.45. The molecule has 0 bridgehead atoms. The second kappa shape index (κ2) is 3.42. The number of hydrogen-bond donors (Lipinski definition) is 1. The molecule has 2 heteroatoms. The van der Waals surface area contributed by atoms with E-state index in [-0.39, 0.29) is 0 Å². The number of para-hydroxylation sites is 1. The number of fused-ring (bicyclic) bond motifs is 6. The Bertz CT molecular complexity index is 1010. The summed E-state index contributed by atoms with van der Waals surface area (Å²) in [7, 11) is 0. The van der Waals surface area contributed by atoms with Gasteiger partial charge in [-0.25, -0.2) is 0 Å². The smallest absolute Gasteiger partial charge is 0.136 e. The Labute approximate surface area is 114 Å². The summed E-state index contributed by atoms with van der Waals surface area (Å²) in [5.74, 6) is 0. The third-order valence-electron chi connectivity index (χ3n) is 3.94. The summed E-state index contributed by atoms with van der Waals surface area (Å²) < 4.78 is 5.96. The molecule has 2 nitrogen and oxygen atoms in total. The Morgan fingerprint density at radius 2 is 1.75 bits per heavy atom. The lowest BCUT2D eigenvalue weighted by molar-refractivity contribution is 0.669. The fourth-order valence-electron chi connectivity index (χ4n) is 3.01. The highest BCUT2D eigenvalue weighted by Gasteiger charge is 2.10. The van der Waals surface area contributed by atoms with E-state index in [1.165, 1.54) is 10.8 Å². The van der Waals surface area contributed by atoms with E-state index >= 15 is 0 Å². The predicted molar refractivity (Wildman–Crippen MR) is 81.9 cm³/mol. The summed E-state index contributed by atoms with van der Waals surface area (Å²) in [5.41, 5.74) is 4.12. The maximum Gasteiger partial charge on any atom is 0.136 e. The topological polar surface area (TPSA) is 28.9 Å². The van der Waals surface area contributed by atoms with Gasteiger partial charge in [0.2, 0.25) is 0 Å². The molecule has 1 N–H and O–H groups in total. The molecule has 0 spiro atoms. The van der Waals surface area contributed by atoms with Crippen molar-refractivity contribution < 1.29 is 4.42 Å². The molecule has 5 aromatic rings. The summed E-state index contributed by atoms with van der Waals surface area (Å²) in [6.45, 7) is 0. The van der Waals surface area contributed by atoms with Gasteiger partial charge in [0.05, 0.1) is 0 Å². The van der Waals surface area contributed by atoms with Crippen LogP contribution >= 0.6 is 0 Å². The zero-order valence-electron chi connectivity index (χ0n) is 10.6. The van der Waals surface area contributed by atoms with Crippen LogP contribution in [0.15, 0.2) is 59.0 Å². The van der Waals surface area contributed by atoms with Gasteiger partial charge in [-0.15, -0.1) is 0 Å². The highest BCUT2D eigenvalue weighted by atomic mass is 16.3. The van der Waals surface area contributed by atoms with Crippen LogP contribution in [-0.2, 0) is 0 Å². The number of aromatic amines is 1. The number of aromatic nitrogens is 1. The van der Waals surface area contributed by atoms with Crippen LogP contribution in [0.1, 0.15) is 0 Å². The minimum atomic E-state index is 0.937. The quantitative estimate of drug-likeness (QED) is 0.414. The lowest BCUT2D eigenvalue weighted by Gasteiger charge is -1.92. The summed E-state index contributed by atoms with van der Waals surface area (Å²) >= 11 is 0. The van der Waals surface area contributed by atoms with E-state index in [9.17, 15) is 0 Å². The zero-order valence-corrected chi connectivity index (χ0v) is 10.6. The third-order valence-corrected chi connectivity index (χ3v) is 3.94. The van der Waals surface area contributed by atoms with E-state index in [4.69, 9.17) is 4.42 Å². The predicted octanol–water partition coefficient (Wildman–Crippen LogP) is 5.02. The highest BCUT2D eigenvalue weighted by Crippen LogP contribution is 2.34. The molecule has 0 aliphatic rings. The van der Waals surface area contributed by atoms with Crippen molar-refractivity contribution in [1.82, 2.24) is 4.98 Å². The van der Waals surface area contributed by atoms with Crippen molar-refractivity contribution in [2.75, 3.05) is 0 Å². The van der Waals surface area contributed by atoms with Gasteiger partial charge in [-0.1, -0.05) is 30.3 Å². The van der Waals surface area contributed by atoms with E-state index in [0.29, 0.717) is 0 Å². The van der Waals surface area contributed by atoms with Crippen molar-refractivity contribution in [3.8, 4) is 0 Å². The Morgan fingerprint density at radius 3 is 2.75 bits per heavy atom. The Kier molecular flexibility index (Phi) is 1.73. The first-order chi connectivity index (χ1) is 9.90. The Balaban J connectivity index is 2.05. The fraction of sp³-hybridized carbons (Fsp3) is 0. The van der Waals surface area contributed by atoms with Gasteiger partial charge in [0.1, 0.15) is 11.2 Å². The summed E-state index contributed by atoms with van der Waals surface area (Å²) in [5, 5.41) is 4.72. The first kappa shape index (κ1) is 10.1. The molecule has 3 aromatic carbocycles. The number of nitrogens with one attached hydrogen (secondary N) is 1. The minimum absolute atomic E-state index is 0.937. The second-order valence-electron chi connectivity index (χ2n) is 5.09. The molecule has 2 heterocycles. The first-order valence-electron chi connectivity index (χ1n) is 6.63. The van der Waals surface area contributed by atoms with E-state index < -0.39 is 0 Å². The first-order valence-corrected chi connectivity index (χ1v) is 6.63. The van der Waals surface area contributed by atoms with Gasteiger partial charge in [-0.3, -0.25) is 0 Å². The van der Waals surface area contributed by atoms with Crippen LogP contribution in [0, 0.1) is 6.07 Å². The van der Waals surface area contributed by atoms with E-state index in [1.807, 2.05) is 30.3 Å². The molecular formula is C18H10NO. The van der Waals surface area contributed by atoms with Crippen LogP contribution in [0.4, 0.5) is 0 Å². The lowest BCUT2D eigenvalue weighted by atomic mass is 10.1. The van der Waals surface area contributed by atoms with Crippen molar-refractivity contribution in [2.45, 2.75) is 0 Å². The Morgan fingerprint density at radius 1 is 0.800 bits per heavy atom. The number of furan rings is 1. The monoisotopic (exact) mass is 256 g/mol. The fourth-order valence-corrected chi connectivity index (χ4v) is 3.01. The van der Waals surface area contributed by atoms with Crippen molar-refractivity contribution in [3.05, 3.63) is 60.7 Å². The molecule has 0 aliphatic carbocycles. The van der Waals surface area contributed by atoms with Crippen molar-refractivity contribution in [3.63, 3.8) is 0 Å².